The predicted molar refractivity (Wildman–Crippen MR) is 125 cm³/mol. The Balaban J connectivity index is 1.58. The smallest absolute Gasteiger partial charge is 0.234 e. The van der Waals surface area contributed by atoms with Crippen LogP contribution in [-0.2, 0) is 4.79 Å². The Bertz CT molecular complexity index is 1200. The van der Waals surface area contributed by atoms with Crippen LogP contribution < -0.4 is 5.32 Å². The van der Waals surface area contributed by atoms with Crippen LogP contribution in [0.15, 0.2) is 72.0 Å². The van der Waals surface area contributed by atoms with Gasteiger partial charge in [0, 0.05) is 17.6 Å². The number of hydrogen-bond acceptors (Lipinski definition) is 5. The Labute approximate surface area is 185 Å². The highest BCUT2D eigenvalue weighted by molar-refractivity contribution is 7.99. The summed E-state index contributed by atoms with van der Waals surface area (Å²) in [6.45, 7) is 6.07. The minimum Gasteiger partial charge on any atom is -0.325 e. The molecule has 6 nitrogen and oxygen atoms in total. The molecule has 0 atom stereocenters. The molecule has 0 radical (unpaired) electrons. The van der Waals surface area contributed by atoms with E-state index in [0.717, 1.165) is 28.2 Å². The first-order valence-electron chi connectivity index (χ1n) is 9.95. The SMILES string of the molecule is Cc1ccc(-n2c(SCC(=O)Nc3ccc(C)cc3C)nnc2-c2ccccn2)cc1. The van der Waals surface area contributed by atoms with E-state index >= 15 is 0 Å². The molecule has 31 heavy (non-hydrogen) atoms. The number of thioether (sulfide) groups is 1. The van der Waals surface area contributed by atoms with Crippen LogP contribution in [0, 0.1) is 20.8 Å². The molecule has 2 heterocycles. The molecule has 0 spiro atoms. The van der Waals surface area contributed by atoms with Gasteiger partial charge in [0.2, 0.25) is 5.91 Å². The number of pyridine rings is 1. The molecule has 1 amide bonds. The second-order valence-corrected chi connectivity index (χ2v) is 8.29. The summed E-state index contributed by atoms with van der Waals surface area (Å²) in [4.78, 5) is 17.0. The highest BCUT2D eigenvalue weighted by atomic mass is 32.2. The van der Waals surface area contributed by atoms with Crippen LogP contribution in [0.3, 0.4) is 0 Å². The van der Waals surface area contributed by atoms with E-state index < -0.39 is 0 Å². The lowest BCUT2D eigenvalue weighted by Gasteiger charge is -2.11. The van der Waals surface area contributed by atoms with Crippen LogP contribution in [0.4, 0.5) is 5.69 Å². The number of carbonyl (C=O) groups is 1. The summed E-state index contributed by atoms with van der Waals surface area (Å²) in [5, 5.41) is 12.3. The third kappa shape index (κ3) is 4.83. The Hall–Kier alpha value is -3.45. The zero-order valence-electron chi connectivity index (χ0n) is 17.7. The fourth-order valence-electron chi connectivity index (χ4n) is 3.22. The number of hydrogen-bond donors (Lipinski definition) is 1. The zero-order chi connectivity index (χ0) is 21.8. The monoisotopic (exact) mass is 429 g/mol. The number of carbonyl (C=O) groups excluding carboxylic acids is 1. The van der Waals surface area contributed by atoms with Crippen LogP contribution in [-0.4, -0.2) is 31.4 Å². The standard InChI is InChI=1S/C24H23N5OS/c1-16-7-10-19(11-8-16)29-23(21-6-4-5-13-25-21)27-28-24(29)31-15-22(30)26-20-12-9-17(2)14-18(20)3/h4-14H,15H2,1-3H3,(H,26,30). The van der Waals surface area contributed by atoms with E-state index in [1.165, 1.54) is 17.3 Å². The number of benzene rings is 2. The molecule has 2 aromatic heterocycles. The first-order chi connectivity index (χ1) is 15.0. The van der Waals surface area contributed by atoms with Crippen molar-refractivity contribution in [2.24, 2.45) is 0 Å². The third-order valence-electron chi connectivity index (χ3n) is 4.81. The van der Waals surface area contributed by atoms with Gasteiger partial charge in [0.15, 0.2) is 11.0 Å². The number of nitrogens with zero attached hydrogens (tertiary/aromatic N) is 4. The fraction of sp³-hybridized carbons (Fsp3) is 0.167. The van der Waals surface area contributed by atoms with Gasteiger partial charge in [-0.15, -0.1) is 10.2 Å². The molecule has 0 aliphatic rings. The summed E-state index contributed by atoms with van der Waals surface area (Å²) in [7, 11) is 0. The van der Waals surface area contributed by atoms with Gasteiger partial charge in [0.25, 0.3) is 0 Å². The van der Waals surface area contributed by atoms with E-state index in [1.807, 2.05) is 79.9 Å². The van der Waals surface area contributed by atoms with Crippen molar-refractivity contribution >= 4 is 23.4 Å². The molecule has 2 aromatic carbocycles. The van der Waals surface area contributed by atoms with Crippen LogP contribution in [0.2, 0.25) is 0 Å². The van der Waals surface area contributed by atoms with Crippen molar-refractivity contribution in [1.29, 1.82) is 0 Å². The van der Waals surface area contributed by atoms with Gasteiger partial charge in [-0.3, -0.25) is 14.3 Å². The van der Waals surface area contributed by atoms with Gasteiger partial charge in [-0.2, -0.15) is 0 Å². The molecule has 156 valence electrons. The summed E-state index contributed by atoms with van der Waals surface area (Å²) >= 11 is 1.35. The molecule has 0 unspecified atom stereocenters. The highest BCUT2D eigenvalue weighted by Crippen LogP contribution is 2.27. The van der Waals surface area contributed by atoms with Crippen molar-refractivity contribution in [3.8, 4) is 17.2 Å². The maximum Gasteiger partial charge on any atom is 0.234 e. The summed E-state index contributed by atoms with van der Waals surface area (Å²) in [5.74, 6) is 0.774. The molecule has 4 aromatic rings. The summed E-state index contributed by atoms with van der Waals surface area (Å²) < 4.78 is 1.94. The fourth-order valence-corrected chi connectivity index (χ4v) is 3.97. The second kappa shape index (κ2) is 9.14. The minimum absolute atomic E-state index is 0.0882. The molecule has 0 aliphatic carbocycles. The van der Waals surface area contributed by atoms with E-state index in [9.17, 15) is 4.79 Å². The number of anilines is 1. The Morgan fingerprint density at radius 1 is 0.968 bits per heavy atom. The molecular formula is C24H23N5OS. The molecule has 7 heteroatoms. The number of rotatable bonds is 6. The van der Waals surface area contributed by atoms with Gasteiger partial charge in [0.05, 0.1) is 5.75 Å². The summed E-state index contributed by atoms with van der Waals surface area (Å²) in [6.07, 6.45) is 1.73. The van der Waals surface area contributed by atoms with E-state index in [0.29, 0.717) is 11.0 Å². The van der Waals surface area contributed by atoms with Crippen LogP contribution in [0.1, 0.15) is 16.7 Å². The first-order valence-corrected chi connectivity index (χ1v) is 10.9. The lowest BCUT2D eigenvalue weighted by atomic mass is 10.1. The van der Waals surface area contributed by atoms with Crippen molar-refractivity contribution in [3.05, 3.63) is 83.6 Å². The second-order valence-electron chi connectivity index (χ2n) is 7.35. The molecule has 4 rings (SSSR count). The average Bonchev–Trinajstić information content (AvgIpc) is 3.19. The van der Waals surface area contributed by atoms with E-state index in [2.05, 4.69) is 26.6 Å². The maximum atomic E-state index is 12.6. The number of aromatic nitrogens is 4. The van der Waals surface area contributed by atoms with Crippen molar-refractivity contribution < 1.29 is 4.79 Å². The van der Waals surface area contributed by atoms with Gasteiger partial charge in [0.1, 0.15) is 5.69 Å². The van der Waals surface area contributed by atoms with Crippen molar-refractivity contribution in [2.45, 2.75) is 25.9 Å². The summed E-state index contributed by atoms with van der Waals surface area (Å²) in [5.41, 5.74) is 5.84. The molecular weight excluding hydrogens is 406 g/mol. The number of aryl methyl sites for hydroxylation is 3. The van der Waals surface area contributed by atoms with Gasteiger partial charge >= 0.3 is 0 Å². The number of amides is 1. The van der Waals surface area contributed by atoms with E-state index in [4.69, 9.17) is 0 Å². The quantitative estimate of drug-likeness (QED) is 0.437. The molecule has 0 saturated heterocycles. The lowest BCUT2D eigenvalue weighted by molar-refractivity contribution is -0.113. The molecule has 0 fully saturated rings. The van der Waals surface area contributed by atoms with Crippen LogP contribution in [0.5, 0.6) is 0 Å². The van der Waals surface area contributed by atoms with Gasteiger partial charge in [-0.25, -0.2) is 0 Å². The molecule has 0 saturated carbocycles. The largest absolute Gasteiger partial charge is 0.325 e. The molecule has 1 N–H and O–H groups in total. The van der Waals surface area contributed by atoms with Gasteiger partial charge in [-0.1, -0.05) is 53.2 Å². The summed E-state index contributed by atoms with van der Waals surface area (Å²) in [6, 6.07) is 19.8. The molecule has 0 aliphatic heterocycles. The van der Waals surface area contributed by atoms with Crippen LogP contribution in [0.25, 0.3) is 17.2 Å². The lowest BCUT2D eigenvalue weighted by Crippen LogP contribution is -2.15. The van der Waals surface area contributed by atoms with E-state index in [1.54, 1.807) is 6.20 Å². The maximum absolute atomic E-state index is 12.6. The van der Waals surface area contributed by atoms with Gasteiger partial charge in [-0.05, 0) is 56.7 Å². The van der Waals surface area contributed by atoms with Crippen molar-refractivity contribution in [2.75, 3.05) is 11.1 Å². The minimum atomic E-state index is -0.0882. The van der Waals surface area contributed by atoms with Crippen molar-refractivity contribution in [3.63, 3.8) is 0 Å². The normalized spacial score (nSPS) is 10.8. The topological polar surface area (TPSA) is 72.7 Å². The zero-order valence-corrected chi connectivity index (χ0v) is 18.5. The predicted octanol–water partition coefficient (Wildman–Crippen LogP) is 4.99. The van der Waals surface area contributed by atoms with E-state index in [-0.39, 0.29) is 11.7 Å². The Kier molecular flexibility index (Phi) is 6.13. The highest BCUT2D eigenvalue weighted by Gasteiger charge is 2.18. The Morgan fingerprint density at radius 2 is 1.74 bits per heavy atom. The van der Waals surface area contributed by atoms with Crippen LogP contribution >= 0.6 is 11.8 Å². The Morgan fingerprint density at radius 3 is 2.45 bits per heavy atom. The molecule has 0 bridgehead atoms. The third-order valence-corrected chi connectivity index (χ3v) is 5.74. The van der Waals surface area contributed by atoms with Gasteiger partial charge < -0.3 is 5.32 Å². The first kappa shape index (κ1) is 20.8. The average molecular weight is 430 g/mol. The number of nitrogens with one attached hydrogen (secondary N) is 1. The van der Waals surface area contributed by atoms with Crippen molar-refractivity contribution in [1.82, 2.24) is 19.7 Å².